The second kappa shape index (κ2) is 3.61. The number of hydrogen-bond acceptors (Lipinski definition) is 4. The molecule has 0 aromatic carbocycles. The minimum Gasteiger partial charge on any atom is -0.332 e. The summed E-state index contributed by atoms with van der Waals surface area (Å²) in [6, 6.07) is -0.318. The van der Waals surface area contributed by atoms with E-state index in [4.69, 9.17) is 0 Å². The van der Waals surface area contributed by atoms with Crippen molar-refractivity contribution >= 4 is 15.7 Å². The van der Waals surface area contributed by atoms with Crippen molar-refractivity contribution < 1.29 is 13.2 Å². The molecule has 2 heterocycles. The molecule has 0 spiro atoms. The van der Waals surface area contributed by atoms with Gasteiger partial charge in [-0.15, -0.1) is 6.58 Å². The molecule has 2 atom stereocenters. The molecule has 15 heavy (non-hydrogen) atoms. The highest BCUT2D eigenvalue weighted by Crippen LogP contribution is 2.21. The van der Waals surface area contributed by atoms with Gasteiger partial charge in [-0.25, -0.2) is 8.42 Å². The molecule has 6 heteroatoms. The lowest BCUT2D eigenvalue weighted by molar-refractivity contribution is -0.134. The molecule has 0 radical (unpaired) electrons. The third kappa shape index (κ3) is 1.91. The topological polar surface area (TPSA) is 66.5 Å². The molecule has 2 rings (SSSR count). The van der Waals surface area contributed by atoms with Gasteiger partial charge in [0.25, 0.3) is 0 Å². The van der Waals surface area contributed by atoms with Crippen molar-refractivity contribution in [3.05, 3.63) is 12.7 Å². The number of piperazine rings is 1. The molecule has 2 aliphatic heterocycles. The van der Waals surface area contributed by atoms with Crippen LogP contribution >= 0.6 is 0 Å². The van der Waals surface area contributed by atoms with Crippen LogP contribution in [0, 0.1) is 0 Å². The lowest BCUT2D eigenvalue weighted by Crippen LogP contribution is -2.60. The predicted molar refractivity (Wildman–Crippen MR) is 56.1 cm³/mol. The Balaban J connectivity index is 2.23. The zero-order valence-corrected chi connectivity index (χ0v) is 9.16. The van der Waals surface area contributed by atoms with Crippen molar-refractivity contribution in [2.45, 2.75) is 12.1 Å². The first-order valence-corrected chi connectivity index (χ1v) is 6.70. The van der Waals surface area contributed by atoms with Crippen LogP contribution < -0.4 is 5.32 Å². The largest absolute Gasteiger partial charge is 0.332 e. The first-order valence-electron chi connectivity index (χ1n) is 4.87. The maximum Gasteiger partial charge on any atom is 0.237 e. The van der Waals surface area contributed by atoms with Crippen molar-refractivity contribution in [3.63, 3.8) is 0 Å². The second-order valence-electron chi connectivity index (χ2n) is 3.97. The SMILES string of the molecule is C=CCN1C(=O)CNC2CS(=O)(=O)CC21. The Morgan fingerprint density at radius 2 is 2.27 bits per heavy atom. The van der Waals surface area contributed by atoms with Crippen LogP contribution in [-0.4, -0.2) is 55.9 Å². The average Bonchev–Trinajstić information content (AvgIpc) is 2.46. The summed E-state index contributed by atoms with van der Waals surface area (Å²) in [5.41, 5.74) is 0. The third-order valence-corrected chi connectivity index (χ3v) is 4.60. The van der Waals surface area contributed by atoms with Gasteiger partial charge >= 0.3 is 0 Å². The summed E-state index contributed by atoms with van der Waals surface area (Å²) in [7, 11) is -2.99. The lowest BCUT2D eigenvalue weighted by Gasteiger charge is -2.36. The molecule has 0 aromatic heterocycles. The predicted octanol–water partition coefficient (Wildman–Crippen LogP) is -1.23. The van der Waals surface area contributed by atoms with Crippen LogP contribution in [0.5, 0.6) is 0 Å². The van der Waals surface area contributed by atoms with E-state index in [0.717, 1.165) is 0 Å². The van der Waals surface area contributed by atoms with Crippen LogP contribution in [-0.2, 0) is 14.6 Å². The van der Waals surface area contributed by atoms with Crippen molar-refractivity contribution in [2.75, 3.05) is 24.6 Å². The fraction of sp³-hybridized carbons (Fsp3) is 0.667. The summed E-state index contributed by atoms with van der Waals surface area (Å²) in [5, 5.41) is 2.97. The number of amides is 1. The van der Waals surface area contributed by atoms with E-state index in [2.05, 4.69) is 11.9 Å². The van der Waals surface area contributed by atoms with Gasteiger partial charge in [-0.1, -0.05) is 6.08 Å². The Hall–Kier alpha value is -0.880. The Labute approximate surface area is 89.1 Å². The molecule has 2 aliphatic rings. The molecule has 2 saturated heterocycles. The molecule has 1 amide bonds. The first kappa shape index (κ1) is 10.6. The average molecular weight is 230 g/mol. The standard InChI is InChI=1S/C9H14N2O3S/c1-2-3-11-8-6-15(13,14)5-7(8)10-4-9(11)12/h2,7-8,10H,1,3-6H2. The van der Waals surface area contributed by atoms with E-state index in [1.54, 1.807) is 11.0 Å². The summed E-state index contributed by atoms with van der Waals surface area (Å²) in [6.07, 6.45) is 1.63. The fourth-order valence-corrected chi connectivity index (χ4v) is 4.17. The second-order valence-corrected chi connectivity index (χ2v) is 6.12. The Kier molecular flexibility index (Phi) is 2.56. The molecule has 0 aromatic rings. The highest BCUT2D eigenvalue weighted by molar-refractivity contribution is 7.91. The van der Waals surface area contributed by atoms with Crippen LogP contribution in [0.15, 0.2) is 12.7 Å². The number of nitrogens with one attached hydrogen (secondary N) is 1. The van der Waals surface area contributed by atoms with Gasteiger partial charge in [0, 0.05) is 12.6 Å². The highest BCUT2D eigenvalue weighted by Gasteiger charge is 2.44. The zero-order chi connectivity index (χ0) is 11.1. The van der Waals surface area contributed by atoms with Gasteiger partial charge in [0.1, 0.15) is 0 Å². The molecule has 2 unspecified atom stereocenters. The summed E-state index contributed by atoms with van der Waals surface area (Å²) < 4.78 is 22.9. The normalized spacial score (nSPS) is 33.9. The van der Waals surface area contributed by atoms with Crippen LogP contribution in [0.1, 0.15) is 0 Å². The number of sulfone groups is 1. The molecule has 5 nitrogen and oxygen atoms in total. The summed E-state index contributed by atoms with van der Waals surface area (Å²) in [5.74, 6) is 0.163. The summed E-state index contributed by atoms with van der Waals surface area (Å²) >= 11 is 0. The van der Waals surface area contributed by atoms with E-state index in [-0.39, 0.29) is 36.0 Å². The zero-order valence-electron chi connectivity index (χ0n) is 8.35. The molecule has 84 valence electrons. The van der Waals surface area contributed by atoms with Crippen LogP contribution in [0.2, 0.25) is 0 Å². The van der Waals surface area contributed by atoms with E-state index in [1.165, 1.54) is 0 Å². The van der Waals surface area contributed by atoms with Gasteiger partial charge in [0.05, 0.1) is 24.1 Å². The van der Waals surface area contributed by atoms with Gasteiger partial charge in [0.15, 0.2) is 9.84 Å². The number of hydrogen-bond donors (Lipinski definition) is 1. The van der Waals surface area contributed by atoms with Crippen molar-refractivity contribution in [1.82, 2.24) is 10.2 Å². The number of rotatable bonds is 2. The first-order chi connectivity index (χ1) is 7.03. The Morgan fingerprint density at radius 1 is 1.53 bits per heavy atom. The minimum absolute atomic E-state index is 0.0479. The van der Waals surface area contributed by atoms with Gasteiger partial charge in [0.2, 0.25) is 5.91 Å². The monoisotopic (exact) mass is 230 g/mol. The number of carbonyl (C=O) groups is 1. The van der Waals surface area contributed by atoms with E-state index in [9.17, 15) is 13.2 Å². The maximum atomic E-state index is 11.6. The maximum absolute atomic E-state index is 11.6. The van der Waals surface area contributed by atoms with Gasteiger partial charge in [-0.2, -0.15) is 0 Å². The molecular weight excluding hydrogens is 216 g/mol. The fourth-order valence-electron chi connectivity index (χ4n) is 2.21. The molecule has 0 saturated carbocycles. The number of carbonyl (C=O) groups excluding carboxylic acids is 1. The Morgan fingerprint density at radius 3 is 2.93 bits per heavy atom. The van der Waals surface area contributed by atoms with Crippen LogP contribution in [0.25, 0.3) is 0 Å². The van der Waals surface area contributed by atoms with Crippen molar-refractivity contribution in [2.24, 2.45) is 0 Å². The number of nitrogens with zero attached hydrogens (tertiary/aromatic N) is 1. The highest BCUT2D eigenvalue weighted by atomic mass is 32.2. The van der Waals surface area contributed by atoms with E-state index in [1.807, 2.05) is 0 Å². The van der Waals surface area contributed by atoms with Crippen molar-refractivity contribution in [1.29, 1.82) is 0 Å². The third-order valence-electron chi connectivity index (χ3n) is 2.88. The van der Waals surface area contributed by atoms with Crippen LogP contribution in [0.4, 0.5) is 0 Å². The van der Waals surface area contributed by atoms with E-state index < -0.39 is 9.84 Å². The summed E-state index contributed by atoms with van der Waals surface area (Å²) in [6.45, 7) is 4.23. The Bertz CT molecular complexity index is 390. The number of fused-ring (bicyclic) bond motifs is 1. The van der Waals surface area contributed by atoms with Gasteiger partial charge in [-0.3, -0.25) is 4.79 Å². The van der Waals surface area contributed by atoms with Gasteiger partial charge in [-0.05, 0) is 0 Å². The van der Waals surface area contributed by atoms with Crippen LogP contribution in [0.3, 0.4) is 0 Å². The molecule has 0 bridgehead atoms. The summed E-state index contributed by atoms with van der Waals surface area (Å²) in [4.78, 5) is 13.2. The van der Waals surface area contributed by atoms with E-state index >= 15 is 0 Å². The molecular formula is C9H14N2O3S. The molecule has 2 fully saturated rings. The smallest absolute Gasteiger partial charge is 0.237 e. The quantitative estimate of drug-likeness (QED) is 0.603. The van der Waals surface area contributed by atoms with Crippen molar-refractivity contribution in [3.8, 4) is 0 Å². The molecule has 1 N–H and O–H groups in total. The lowest BCUT2D eigenvalue weighted by atomic mass is 10.1. The van der Waals surface area contributed by atoms with E-state index in [0.29, 0.717) is 6.54 Å². The molecule has 0 aliphatic carbocycles. The minimum atomic E-state index is -2.99. The van der Waals surface area contributed by atoms with Gasteiger partial charge < -0.3 is 10.2 Å².